The highest BCUT2D eigenvalue weighted by atomic mass is 16.5. The maximum absolute atomic E-state index is 13.5. The maximum Gasteiger partial charge on any atom is 0.337 e. The minimum Gasteiger partial charge on any atom is -0.507 e. The summed E-state index contributed by atoms with van der Waals surface area (Å²) in [6.07, 6.45) is 0. The van der Waals surface area contributed by atoms with Crippen LogP contribution in [0.1, 0.15) is 52.9 Å². The van der Waals surface area contributed by atoms with E-state index in [1.807, 2.05) is 13.8 Å². The molecule has 3 aromatic rings. The minimum absolute atomic E-state index is 0.0772. The Hall–Kier alpha value is -4.59. The molecule has 0 radical (unpaired) electrons. The van der Waals surface area contributed by atoms with Gasteiger partial charge in [-0.3, -0.25) is 14.5 Å². The fourth-order valence-corrected chi connectivity index (χ4v) is 4.61. The van der Waals surface area contributed by atoms with Crippen molar-refractivity contribution in [1.82, 2.24) is 0 Å². The van der Waals surface area contributed by atoms with Crippen LogP contribution in [0.4, 0.5) is 5.69 Å². The smallest absolute Gasteiger partial charge is 0.337 e. The first-order valence-electron chi connectivity index (χ1n) is 12.0. The van der Waals surface area contributed by atoms with Crippen molar-refractivity contribution in [3.05, 3.63) is 94.6 Å². The van der Waals surface area contributed by atoms with Crippen molar-refractivity contribution in [2.45, 2.75) is 25.8 Å². The fraction of sp³-hybridized carbons (Fsp3) is 0.233. The molecule has 1 amide bonds. The Kier molecular flexibility index (Phi) is 7.52. The molecule has 0 spiro atoms. The van der Waals surface area contributed by atoms with Crippen LogP contribution in [0.3, 0.4) is 0 Å². The number of ketones is 1. The lowest BCUT2D eigenvalue weighted by Crippen LogP contribution is -2.29. The number of hydrogen-bond donors (Lipinski definition) is 1. The molecule has 1 saturated heterocycles. The zero-order chi connectivity index (χ0) is 27.6. The van der Waals surface area contributed by atoms with Crippen molar-refractivity contribution in [3.8, 4) is 11.5 Å². The number of rotatable bonds is 7. The van der Waals surface area contributed by atoms with Gasteiger partial charge in [0.25, 0.3) is 11.7 Å². The summed E-state index contributed by atoms with van der Waals surface area (Å²) in [5.74, 6) is -1.33. The second-order valence-corrected chi connectivity index (χ2v) is 9.10. The third-order valence-corrected chi connectivity index (χ3v) is 6.52. The number of hydrogen-bond acceptors (Lipinski definition) is 7. The summed E-state index contributed by atoms with van der Waals surface area (Å²) in [6.45, 7) is 3.98. The summed E-state index contributed by atoms with van der Waals surface area (Å²) < 4.78 is 15.7. The molecule has 1 N–H and O–H groups in total. The molecule has 1 aliphatic rings. The van der Waals surface area contributed by atoms with Crippen molar-refractivity contribution in [3.63, 3.8) is 0 Å². The first-order chi connectivity index (χ1) is 18.2. The molecule has 1 unspecified atom stereocenters. The van der Waals surface area contributed by atoms with E-state index in [2.05, 4.69) is 0 Å². The fourth-order valence-electron chi connectivity index (χ4n) is 4.61. The SMILES string of the molecule is COC(=O)c1cccc(N2C(=O)C(=O)/C(=C(\O)c3ccc(OC)c(C(C)C)c3)C2c2cccc(OC)c2)c1. The van der Waals surface area contributed by atoms with E-state index >= 15 is 0 Å². The van der Waals surface area contributed by atoms with Crippen LogP contribution in [0.25, 0.3) is 5.76 Å². The average molecular weight is 516 g/mol. The van der Waals surface area contributed by atoms with E-state index in [1.54, 1.807) is 67.8 Å². The number of carbonyl (C=O) groups is 3. The molecule has 8 heteroatoms. The topological polar surface area (TPSA) is 102 Å². The van der Waals surface area contributed by atoms with Crippen LogP contribution < -0.4 is 14.4 Å². The van der Waals surface area contributed by atoms with E-state index in [1.165, 1.54) is 25.2 Å². The molecule has 8 nitrogen and oxygen atoms in total. The normalized spacial score (nSPS) is 16.6. The van der Waals surface area contributed by atoms with E-state index in [0.717, 1.165) is 5.56 Å². The largest absolute Gasteiger partial charge is 0.507 e. The van der Waals surface area contributed by atoms with E-state index in [9.17, 15) is 19.5 Å². The third kappa shape index (κ3) is 4.72. The number of aliphatic hydroxyl groups excluding tert-OH is 1. The van der Waals surface area contributed by atoms with Gasteiger partial charge in [-0.15, -0.1) is 0 Å². The lowest BCUT2D eigenvalue weighted by atomic mass is 9.93. The van der Waals surface area contributed by atoms with Gasteiger partial charge in [-0.05, 0) is 65.6 Å². The third-order valence-electron chi connectivity index (χ3n) is 6.52. The number of methoxy groups -OCH3 is 3. The molecular weight excluding hydrogens is 486 g/mol. The summed E-state index contributed by atoms with van der Waals surface area (Å²) in [6, 6.07) is 17.3. The van der Waals surface area contributed by atoms with Crippen LogP contribution in [-0.4, -0.2) is 44.1 Å². The molecular formula is C30H29NO7. The Balaban J connectivity index is 1.96. The maximum atomic E-state index is 13.5. The Morgan fingerprint density at radius 2 is 1.63 bits per heavy atom. The van der Waals surface area contributed by atoms with Gasteiger partial charge in [0.15, 0.2) is 0 Å². The van der Waals surface area contributed by atoms with Crippen molar-refractivity contribution >= 4 is 29.1 Å². The molecule has 1 heterocycles. The molecule has 3 aromatic carbocycles. The first kappa shape index (κ1) is 26.5. The molecule has 0 saturated carbocycles. The number of Topliss-reactive ketones (excluding diaryl/α,β-unsaturated/α-hetero) is 1. The molecule has 4 rings (SSSR count). The van der Waals surface area contributed by atoms with Crippen LogP contribution >= 0.6 is 0 Å². The van der Waals surface area contributed by atoms with E-state index < -0.39 is 23.7 Å². The number of esters is 1. The number of ether oxygens (including phenoxy) is 3. The zero-order valence-electron chi connectivity index (χ0n) is 21.8. The van der Waals surface area contributed by atoms with Crippen molar-refractivity contribution < 1.29 is 33.7 Å². The molecule has 1 aliphatic heterocycles. The Bertz CT molecular complexity index is 1440. The van der Waals surface area contributed by atoms with Gasteiger partial charge in [-0.2, -0.15) is 0 Å². The predicted octanol–water partition coefficient (Wildman–Crippen LogP) is 5.24. The number of anilines is 1. The number of nitrogens with zero attached hydrogens (tertiary/aromatic N) is 1. The Morgan fingerprint density at radius 1 is 0.895 bits per heavy atom. The lowest BCUT2D eigenvalue weighted by molar-refractivity contribution is -0.132. The number of amides is 1. The van der Waals surface area contributed by atoms with Crippen molar-refractivity contribution in [2.24, 2.45) is 0 Å². The highest BCUT2D eigenvalue weighted by molar-refractivity contribution is 6.51. The van der Waals surface area contributed by atoms with Crippen LogP contribution in [0.5, 0.6) is 11.5 Å². The number of benzene rings is 3. The molecule has 1 atom stereocenters. The van der Waals surface area contributed by atoms with Gasteiger partial charge in [-0.25, -0.2) is 4.79 Å². The van der Waals surface area contributed by atoms with Crippen LogP contribution in [0, 0.1) is 0 Å². The predicted molar refractivity (Wildman–Crippen MR) is 143 cm³/mol. The van der Waals surface area contributed by atoms with Gasteiger partial charge in [0, 0.05) is 11.3 Å². The van der Waals surface area contributed by atoms with Crippen LogP contribution in [0.2, 0.25) is 0 Å². The molecule has 0 bridgehead atoms. The highest BCUT2D eigenvalue weighted by Gasteiger charge is 2.47. The van der Waals surface area contributed by atoms with Gasteiger partial charge in [0.2, 0.25) is 0 Å². The summed E-state index contributed by atoms with van der Waals surface area (Å²) in [5.41, 5.74) is 2.21. The molecule has 196 valence electrons. The summed E-state index contributed by atoms with van der Waals surface area (Å²) in [5, 5.41) is 11.5. The van der Waals surface area contributed by atoms with Crippen LogP contribution in [-0.2, 0) is 14.3 Å². The second-order valence-electron chi connectivity index (χ2n) is 9.10. The van der Waals surface area contributed by atoms with Gasteiger partial charge >= 0.3 is 5.97 Å². The minimum atomic E-state index is -0.984. The van der Waals surface area contributed by atoms with Gasteiger partial charge in [-0.1, -0.05) is 32.0 Å². The average Bonchev–Trinajstić information content (AvgIpc) is 3.21. The van der Waals surface area contributed by atoms with Crippen LogP contribution in [0.15, 0.2) is 72.3 Å². The lowest BCUT2D eigenvalue weighted by Gasteiger charge is -2.26. The monoisotopic (exact) mass is 515 g/mol. The second kappa shape index (κ2) is 10.8. The van der Waals surface area contributed by atoms with Crippen molar-refractivity contribution in [2.75, 3.05) is 26.2 Å². The van der Waals surface area contributed by atoms with Gasteiger partial charge < -0.3 is 19.3 Å². The standard InChI is InChI=1S/C30H29NO7/c1-17(2)23-16-19(12-13-24(23)37-4)27(32)25-26(18-8-7-11-22(15-18)36-3)31(29(34)28(25)33)21-10-6-9-20(14-21)30(35)38-5/h6-17,26,32H,1-5H3/b27-25-. The van der Waals surface area contributed by atoms with E-state index in [-0.39, 0.29) is 22.8 Å². The summed E-state index contributed by atoms with van der Waals surface area (Å²) >= 11 is 0. The summed E-state index contributed by atoms with van der Waals surface area (Å²) in [7, 11) is 4.34. The van der Waals surface area contributed by atoms with Gasteiger partial charge in [0.05, 0.1) is 38.5 Å². The van der Waals surface area contributed by atoms with E-state index in [4.69, 9.17) is 14.2 Å². The first-order valence-corrected chi connectivity index (χ1v) is 12.0. The molecule has 1 fully saturated rings. The Labute approximate surface area is 221 Å². The molecule has 0 aliphatic carbocycles. The van der Waals surface area contributed by atoms with Crippen molar-refractivity contribution in [1.29, 1.82) is 0 Å². The van der Waals surface area contributed by atoms with Gasteiger partial charge in [0.1, 0.15) is 17.3 Å². The highest BCUT2D eigenvalue weighted by Crippen LogP contribution is 2.43. The number of carbonyl (C=O) groups excluding carboxylic acids is 3. The molecule has 38 heavy (non-hydrogen) atoms. The zero-order valence-corrected chi connectivity index (χ0v) is 21.8. The Morgan fingerprint density at radius 3 is 2.29 bits per heavy atom. The number of aliphatic hydroxyl groups is 1. The summed E-state index contributed by atoms with van der Waals surface area (Å²) in [4.78, 5) is 40.5. The van der Waals surface area contributed by atoms with E-state index in [0.29, 0.717) is 28.3 Å². The molecule has 0 aromatic heterocycles. The quantitative estimate of drug-likeness (QED) is 0.199.